The van der Waals surface area contributed by atoms with Crippen LogP contribution in [0, 0.1) is 5.82 Å². The molecule has 0 spiro atoms. The molecule has 1 unspecified atom stereocenters. The van der Waals surface area contributed by atoms with E-state index in [0.717, 1.165) is 51.2 Å². The second-order valence-electron chi connectivity index (χ2n) is 8.50. The third kappa shape index (κ3) is 6.55. The molecule has 1 atom stereocenters. The summed E-state index contributed by atoms with van der Waals surface area (Å²) in [7, 11) is 1.73. The fourth-order valence-corrected chi connectivity index (χ4v) is 4.24. The van der Waals surface area contributed by atoms with E-state index in [1.807, 2.05) is 29.1 Å². The Kier molecular flexibility index (Phi) is 7.96. The number of likely N-dealkylation sites (tertiary alicyclic amines) is 1. The maximum atomic E-state index is 14.0. The van der Waals surface area contributed by atoms with Crippen LogP contribution in [-0.4, -0.2) is 53.7 Å². The topological polar surface area (TPSA) is 48.8 Å². The molecule has 6 nitrogen and oxygen atoms in total. The first kappa shape index (κ1) is 23.3. The normalized spacial score (nSPS) is 19.2. The van der Waals surface area contributed by atoms with Gasteiger partial charge in [0.1, 0.15) is 24.6 Å². The molecule has 0 amide bonds. The van der Waals surface area contributed by atoms with Gasteiger partial charge in [-0.3, -0.25) is 9.58 Å². The predicted molar refractivity (Wildman–Crippen MR) is 125 cm³/mol. The first-order chi connectivity index (χ1) is 16.2. The van der Waals surface area contributed by atoms with Crippen molar-refractivity contribution in [3.63, 3.8) is 0 Å². The maximum absolute atomic E-state index is 14.0. The lowest BCUT2D eigenvalue weighted by atomic mass is 9.95. The van der Waals surface area contributed by atoms with E-state index in [1.165, 1.54) is 11.6 Å². The Hall–Kier alpha value is -2.90. The number of para-hydroxylation sites is 1. The average Bonchev–Trinajstić information content (AvgIpc) is 3.27. The number of aromatic nitrogens is 2. The lowest BCUT2D eigenvalue weighted by Crippen LogP contribution is -2.39. The number of nitrogens with zero attached hydrogens (tertiary/aromatic N) is 3. The SMILES string of the molecule is COC1(COc2ccccc2F)CCCN(Cc2cccc(OCCn3cccn3)c2)CC1. The highest BCUT2D eigenvalue weighted by Crippen LogP contribution is 2.29. The zero-order valence-corrected chi connectivity index (χ0v) is 19.2. The monoisotopic (exact) mass is 453 g/mol. The molecule has 4 rings (SSSR count). The van der Waals surface area contributed by atoms with Crippen molar-refractivity contribution in [1.82, 2.24) is 14.7 Å². The number of halogens is 1. The number of methoxy groups -OCH3 is 1. The molecule has 1 fully saturated rings. The van der Waals surface area contributed by atoms with Crippen molar-refractivity contribution in [1.29, 1.82) is 0 Å². The third-order valence-electron chi connectivity index (χ3n) is 6.20. The summed E-state index contributed by atoms with van der Waals surface area (Å²) in [5.41, 5.74) is 0.813. The van der Waals surface area contributed by atoms with E-state index >= 15 is 0 Å². The third-order valence-corrected chi connectivity index (χ3v) is 6.20. The van der Waals surface area contributed by atoms with Crippen LogP contribution < -0.4 is 9.47 Å². The van der Waals surface area contributed by atoms with Crippen LogP contribution in [0.1, 0.15) is 24.8 Å². The molecule has 0 aliphatic carbocycles. The number of benzene rings is 2. The molecule has 0 N–H and O–H groups in total. The van der Waals surface area contributed by atoms with Crippen molar-refractivity contribution in [2.24, 2.45) is 0 Å². The quantitative estimate of drug-likeness (QED) is 0.451. The van der Waals surface area contributed by atoms with Gasteiger partial charge in [0.15, 0.2) is 11.6 Å². The van der Waals surface area contributed by atoms with Crippen LogP contribution >= 0.6 is 0 Å². The van der Waals surface area contributed by atoms with Crippen LogP contribution in [0.15, 0.2) is 67.0 Å². The summed E-state index contributed by atoms with van der Waals surface area (Å²) in [6.45, 7) is 4.36. The standard InChI is InChI=1S/C26H32FN3O3/c1-31-26(21-33-25-10-3-2-9-24(25)27)11-5-14-29(16-12-26)20-22-7-4-8-23(19-22)32-18-17-30-15-6-13-28-30/h2-4,6-10,13,15,19H,5,11-12,14,16-18,20-21H2,1H3. The Morgan fingerprint density at radius 3 is 2.76 bits per heavy atom. The van der Waals surface area contributed by atoms with Crippen LogP contribution in [0.2, 0.25) is 0 Å². The summed E-state index contributed by atoms with van der Waals surface area (Å²) < 4.78 is 33.5. The minimum atomic E-state index is -0.408. The summed E-state index contributed by atoms with van der Waals surface area (Å²) in [4.78, 5) is 2.44. The molecular formula is C26H32FN3O3. The van der Waals surface area contributed by atoms with Crippen LogP contribution in [-0.2, 0) is 17.8 Å². The maximum Gasteiger partial charge on any atom is 0.165 e. The highest BCUT2D eigenvalue weighted by Gasteiger charge is 2.34. The number of rotatable bonds is 10. The van der Waals surface area contributed by atoms with Crippen LogP contribution in [0.25, 0.3) is 0 Å². The predicted octanol–water partition coefficient (Wildman–Crippen LogP) is 4.55. The molecule has 1 aromatic heterocycles. The minimum Gasteiger partial charge on any atom is -0.492 e. The Morgan fingerprint density at radius 1 is 1.03 bits per heavy atom. The lowest BCUT2D eigenvalue weighted by Gasteiger charge is -2.31. The minimum absolute atomic E-state index is 0.277. The molecule has 0 saturated carbocycles. The Bertz CT molecular complexity index is 998. The Balaban J connectivity index is 1.29. The van der Waals surface area contributed by atoms with Crippen LogP contribution in [0.3, 0.4) is 0 Å². The highest BCUT2D eigenvalue weighted by molar-refractivity contribution is 5.28. The summed E-state index contributed by atoms with van der Waals surface area (Å²) in [5.74, 6) is 0.809. The second kappa shape index (κ2) is 11.3. The van der Waals surface area contributed by atoms with Gasteiger partial charge in [-0.05, 0) is 61.7 Å². The Morgan fingerprint density at radius 2 is 1.94 bits per heavy atom. The molecule has 3 aromatic rings. The summed E-state index contributed by atoms with van der Waals surface area (Å²) in [6, 6.07) is 16.7. The summed E-state index contributed by atoms with van der Waals surface area (Å²) in [5, 5.41) is 4.20. The number of ether oxygens (including phenoxy) is 3. The van der Waals surface area contributed by atoms with Gasteiger partial charge in [0.2, 0.25) is 0 Å². The molecule has 1 saturated heterocycles. The van der Waals surface area contributed by atoms with Crippen molar-refractivity contribution >= 4 is 0 Å². The van der Waals surface area contributed by atoms with Gasteiger partial charge in [-0.15, -0.1) is 0 Å². The molecule has 0 bridgehead atoms. The number of hydrogen-bond acceptors (Lipinski definition) is 5. The lowest BCUT2D eigenvalue weighted by molar-refractivity contribution is -0.0548. The first-order valence-corrected chi connectivity index (χ1v) is 11.5. The number of hydrogen-bond donors (Lipinski definition) is 0. The molecule has 7 heteroatoms. The second-order valence-corrected chi connectivity index (χ2v) is 8.50. The fraction of sp³-hybridized carbons (Fsp3) is 0.423. The summed E-state index contributed by atoms with van der Waals surface area (Å²) >= 11 is 0. The van der Waals surface area contributed by atoms with Crippen LogP contribution in [0.5, 0.6) is 11.5 Å². The van der Waals surface area contributed by atoms with Crippen molar-refractivity contribution in [2.45, 2.75) is 38.0 Å². The average molecular weight is 454 g/mol. The van der Waals surface area contributed by atoms with Gasteiger partial charge in [0.05, 0.1) is 6.54 Å². The van der Waals surface area contributed by atoms with Crippen LogP contribution in [0.4, 0.5) is 4.39 Å². The Labute approximate surface area is 194 Å². The molecule has 0 radical (unpaired) electrons. The van der Waals surface area contributed by atoms with E-state index in [4.69, 9.17) is 14.2 Å². The molecule has 176 valence electrons. The van der Waals surface area contributed by atoms with E-state index < -0.39 is 5.60 Å². The van der Waals surface area contributed by atoms with E-state index in [2.05, 4.69) is 22.1 Å². The largest absolute Gasteiger partial charge is 0.492 e. The molecule has 1 aliphatic heterocycles. The fourth-order valence-electron chi connectivity index (χ4n) is 4.24. The molecule has 2 aromatic carbocycles. The van der Waals surface area contributed by atoms with Gasteiger partial charge < -0.3 is 14.2 Å². The smallest absolute Gasteiger partial charge is 0.165 e. The van der Waals surface area contributed by atoms with Crippen molar-refractivity contribution in [2.75, 3.05) is 33.4 Å². The van der Waals surface area contributed by atoms with E-state index in [-0.39, 0.29) is 11.6 Å². The molecule has 33 heavy (non-hydrogen) atoms. The van der Waals surface area contributed by atoms with E-state index in [0.29, 0.717) is 13.2 Å². The highest BCUT2D eigenvalue weighted by atomic mass is 19.1. The van der Waals surface area contributed by atoms with Gasteiger partial charge in [0.25, 0.3) is 0 Å². The van der Waals surface area contributed by atoms with E-state index in [1.54, 1.807) is 31.5 Å². The van der Waals surface area contributed by atoms with Gasteiger partial charge in [0, 0.05) is 32.6 Å². The zero-order valence-electron chi connectivity index (χ0n) is 19.2. The molecule has 2 heterocycles. The molecule has 1 aliphatic rings. The van der Waals surface area contributed by atoms with Gasteiger partial charge in [-0.2, -0.15) is 5.10 Å². The van der Waals surface area contributed by atoms with Crippen molar-refractivity contribution in [3.05, 3.63) is 78.4 Å². The van der Waals surface area contributed by atoms with Gasteiger partial charge in [-0.1, -0.05) is 24.3 Å². The van der Waals surface area contributed by atoms with Crippen molar-refractivity contribution < 1.29 is 18.6 Å². The van der Waals surface area contributed by atoms with E-state index in [9.17, 15) is 4.39 Å². The van der Waals surface area contributed by atoms with Gasteiger partial charge >= 0.3 is 0 Å². The zero-order chi connectivity index (χ0) is 22.9. The van der Waals surface area contributed by atoms with Gasteiger partial charge in [-0.25, -0.2) is 4.39 Å². The summed E-state index contributed by atoms with van der Waals surface area (Å²) in [6.07, 6.45) is 6.41. The van der Waals surface area contributed by atoms with Crippen molar-refractivity contribution in [3.8, 4) is 11.5 Å². The molecular weight excluding hydrogens is 421 g/mol. The first-order valence-electron chi connectivity index (χ1n) is 11.5.